The fourth-order valence-electron chi connectivity index (χ4n) is 1.60. The summed E-state index contributed by atoms with van der Waals surface area (Å²) in [6, 6.07) is 3.37. The molecule has 2 aromatic rings. The first-order valence-electron chi connectivity index (χ1n) is 5.15. The molecule has 0 unspecified atom stereocenters. The molecule has 0 aliphatic heterocycles. The van der Waals surface area contributed by atoms with Crippen LogP contribution >= 0.6 is 34.1 Å². The van der Waals surface area contributed by atoms with Crippen LogP contribution in [0.25, 0.3) is 10.6 Å². The maximum atomic E-state index is 12.0. The van der Waals surface area contributed by atoms with E-state index >= 15 is 0 Å². The van der Waals surface area contributed by atoms with Crippen LogP contribution in [0.3, 0.4) is 0 Å². The fourth-order valence-corrected chi connectivity index (χ4v) is 2.42. The molecule has 2 N–H and O–H groups in total. The number of rotatable bonds is 3. The molecular weight excluding hydrogens is 365 g/mol. The van der Waals surface area contributed by atoms with Gasteiger partial charge >= 0.3 is 0 Å². The summed E-state index contributed by atoms with van der Waals surface area (Å²) < 4.78 is 3.83. The number of carbonyl (C=O) groups excluding carboxylic acids is 1. The minimum Gasteiger partial charge on any atom is -0.357 e. The zero-order valence-corrected chi connectivity index (χ0v) is 12.5. The topological polar surface area (TPSA) is 74.8 Å². The van der Waals surface area contributed by atoms with Gasteiger partial charge in [0.25, 0.3) is 3.91 Å². The van der Waals surface area contributed by atoms with Crippen LogP contribution in [0.5, 0.6) is 0 Å². The number of aromatic nitrogens is 2. The molecule has 1 amide bonds. The second-order valence-electron chi connectivity index (χ2n) is 3.67. The van der Waals surface area contributed by atoms with Gasteiger partial charge < -0.3 is 10.3 Å². The third kappa shape index (κ3) is 2.96. The van der Waals surface area contributed by atoms with Crippen LogP contribution in [0.1, 0.15) is 11.3 Å². The van der Waals surface area contributed by atoms with E-state index in [0.717, 1.165) is 16.3 Å². The Morgan fingerprint density at radius 1 is 1.61 bits per heavy atom. The maximum absolute atomic E-state index is 12.0. The molecule has 7 heteroatoms. The van der Waals surface area contributed by atoms with Crippen molar-refractivity contribution in [2.24, 2.45) is 0 Å². The zero-order valence-electron chi connectivity index (χ0n) is 9.49. The van der Waals surface area contributed by atoms with Crippen molar-refractivity contribution in [1.29, 1.82) is 0 Å². The molecule has 0 saturated heterocycles. The van der Waals surface area contributed by atoms with Gasteiger partial charge in [0.2, 0.25) is 0 Å². The van der Waals surface area contributed by atoms with E-state index in [9.17, 15) is 9.59 Å². The lowest BCUT2D eigenvalue weighted by Crippen LogP contribution is -2.22. The number of hydrogen-bond acceptors (Lipinski definition) is 4. The standard InChI is InChI=1S/C11H10IN3O2S/c1-6-4-8(16)7(5-13-11(12)17)10(15-6)9-2-3-14-18-9/h2-4H,5H2,1H3,(H,13,17)(H,15,16). The Balaban J connectivity index is 2.49. The van der Waals surface area contributed by atoms with E-state index in [0.29, 0.717) is 5.56 Å². The Morgan fingerprint density at radius 2 is 2.39 bits per heavy atom. The number of pyridine rings is 1. The molecule has 0 aliphatic carbocycles. The molecule has 0 atom stereocenters. The third-order valence-corrected chi connectivity index (χ3v) is 3.50. The molecule has 0 radical (unpaired) electrons. The molecule has 0 saturated carbocycles. The molecule has 0 bridgehead atoms. The highest BCUT2D eigenvalue weighted by molar-refractivity contribution is 14.1. The Hall–Kier alpha value is -1.22. The first-order chi connectivity index (χ1) is 8.58. The third-order valence-electron chi connectivity index (χ3n) is 2.36. The Bertz CT molecular complexity index is 622. The molecule has 0 spiro atoms. The predicted molar refractivity (Wildman–Crippen MR) is 79.2 cm³/mol. The molecular formula is C11H10IN3O2S. The van der Waals surface area contributed by atoms with Crippen LogP contribution < -0.4 is 10.7 Å². The van der Waals surface area contributed by atoms with E-state index < -0.39 is 0 Å². The van der Waals surface area contributed by atoms with Crippen molar-refractivity contribution in [3.05, 3.63) is 39.8 Å². The van der Waals surface area contributed by atoms with Gasteiger partial charge in [-0.05, 0) is 24.5 Å². The van der Waals surface area contributed by atoms with E-state index in [2.05, 4.69) is 14.7 Å². The molecule has 0 aromatic carbocycles. The number of carbonyl (C=O) groups is 1. The summed E-state index contributed by atoms with van der Waals surface area (Å²) in [5, 5.41) is 2.64. The predicted octanol–water partition coefficient (Wildman–Crippen LogP) is 2.45. The van der Waals surface area contributed by atoms with Crippen molar-refractivity contribution in [1.82, 2.24) is 14.7 Å². The summed E-state index contributed by atoms with van der Waals surface area (Å²) in [6.07, 6.45) is 1.68. The quantitative estimate of drug-likeness (QED) is 0.492. The Labute approximate surface area is 121 Å². The van der Waals surface area contributed by atoms with E-state index in [1.54, 1.807) is 28.8 Å². The largest absolute Gasteiger partial charge is 0.357 e. The van der Waals surface area contributed by atoms with Gasteiger partial charge in [0.05, 0.1) is 10.6 Å². The van der Waals surface area contributed by atoms with Gasteiger partial charge in [0.1, 0.15) is 0 Å². The normalized spacial score (nSPS) is 10.3. The van der Waals surface area contributed by atoms with Crippen molar-refractivity contribution >= 4 is 38.0 Å². The maximum Gasteiger partial charge on any atom is 0.280 e. The number of amides is 1. The lowest BCUT2D eigenvalue weighted by molar-refractivity contribution is 0.262. The van der Waals surface area contributed by atoms with Crippen molar-refractivity contribution < 1.29 is 4.79 Å². The summed E-state index contributed by atoms with van der Waals surface area (Å²) >= 11 is 2.95. The van der Waals surface area contributed by atoms with Crippen LogP contribution in [0.15, 0.2) is 23.1 Å². The summed E-state index contributed by atoms with van der Waals surface area (Å²) in [6.45, 7) is 2.04. The van der Waals surface area contributed by atoms with Crippen molar-refractivity contribution in [3.63, 3.8) is 0 Å². The molecule has 2 heterocycles. The van der Waals surface area contributed by atoms with Crippen LogP contribution in [-0.2, 0) is 6.54 Å². The highest BCUT2D eigenvalue weighted by Gasteiger charge is 2.12. The Kier molecular flexibility index (Phi) is 4.12. The second-order valence-corrected chi connectivity index (χ2v) is 5.49. The molecule has 2 aromatic heterocycles. The fraction of sp³-hybridized carbons (Fsp3) is 0.182. The van der Waals surface area contributed by atoms with E-state index in [-0.39, 0.29) is 15.9 Å². The van der Waals surface area contributed by atoms with E-state index in [1.165, 1.54) is 17.6 Å². The molecule has 94 valence electrons. The first-order valence-corrected chi connectivity index (χ1v) is 7.00. The minimum atomic E-state index is -0.192. The van der Waals surface area contributed by atoms with Crippen molar-refractivity contribution in [2.45, 2.75) is 13.5 Å². The summed E-state index contributed by atoms with van der Waals surface area (Å²) in [5.74, 6) is 0. The van der Waals surface area contributed by atoms with Crippen LogP contribution in [0.4, 0.5) is 4.79 Å². The Morgan fingerprint density at radius 3 is 3.00 bits per heavy atom. The number of halogens is 1. The number of nitrogens with one attached hydrogen (secondary N) is 2. The van der Waals surface area contributed by atoms with Crippen molar-refractivity contribution in [2.75, 3.05) is 0 Å². The van der Waals surface area contributed by atoms with Gasteiger partial charge in [-0.25, -0.2) is 4.37 Å². The zero-order chi connectivity index (χ0) is 13.1. The van der Waals surface area contributed by atoms with Gasteiger partial charge in [0, 0.05) is 52.7 Å². The summed E-state index contributed by atoms with van der Waals surface area (Å²) in [4.78, 5) is 27.0. The van der Waals surface area contributed by atoms with Gasteiger partial charge in [-0.15, -0.1) is 0 Å². The summed E-state index contributed by atoms with van der Waals surface area (Å²) in [5.41, 5.74) is 1.98. The van der Waals surface area contributed by atoms with Gasteiger partial charge in [-0.2, -0.15) is 0 Å². The second kappa shape index (κ2) is 5.61. The molecule has 2 rings (SSSR count). The SMILES string of the molecule is Cc1cc(=O)c(CNC(=O)I)c(-c2ccns2)[nH]1. The molecule has 5 nitrogen and oxygen atoms in total. The number of nitrogens with zero attached hydrogens (tertiary/aromatic N) is 1. The smallest absolute Gasteiger partial charge is 0.280 e. The van der Waals surface area contributed by atoms with Gasteiger partial charge in [-0.1, -0.05) is 0 Å². The van der Waals surface area contributed by atoms with Crippen molar-refractivity contribution in [3.8, 4) is 10.6 Å². The number of aromatic amines is 1. The molecule has 0 aliphatic rings. The average molecular weight is 375 g/mol. The monoisotopic (exact) mass is 375 g/mol. The highest BCUT2D eigenvalue weighted by atomic mass is 127. The van der Waals surface area contributed by atoms with Crippen LogP contribution in [-0.4, -0.2) is 13.3 Å². The van der Waals surface area contributed by atoms with E-state index in [4.69, 9.17) is 0 Å². The average Bonchev–Trinajstić information content (AvgIpc) is 2.79. The lowest BCUT2D eigenvalue weighted by Gasteiger charge is -2.08. The van der Waals surface area contributed by atoms with Gasteiger partial charge in [0.15, 0.2) is 5.43 Å². The van der Waals surface area contributed by atoms with Crippen LogP contribution in [0, 0.1) is 6.92 Å². The number of aryl methyl sites for hydroxylation is 1. The lowest BCUT2D eigenvalue weighted by atomic mass is 10.1. The number of hydrogen-bond donors (Lipinski definition) is 2. The number of H-pyrrole nitrogens is 1. The molecule has 18 heavy (non-hydrogen) atoms. The van der Waals surface area contributed by atoms with Crippen LogP contribution in [0.2, 0.25) is 0 Å². The van der Waals surface area contributed by atoms with Gasteiger partial charge in [-0.3, -0.25) is 9.59 Å². The summed E-state index contributed by atoms with van der Waals surface area (Å²) in [7, 11) is 0. The first kappa shape index (κ1) is 13.2. The minimum absolute atomic E-state index is 0.0835. The highest BCUT2D eigenvalue weighted by Crippen LogP contribution is 2.23. The van der Waals surface area contributed by atoms with E-state index in [1.807, 2.05) is 13.0 Å². The molecule has 0 fully saturated rings.